The molecule has 4 heterocycles. The van der Waals surface area contributed by atoms with Crippen molar-refractivity contribution in [1.82, 2.24) is 19.9 Å². The van der Waals surface area contributed by atoms with Crippen molar-refractivity contribution >= 4 is 11.6 Å². The van der Waals surface area contributed by atoms with E-state index in [1.165, 1.54) is 0 Å². The summed E-state index contributed by atoms with van der Waals surface area (Å²) in [5, 5.41) is 11.8. The fraction of sp³-hybridized carbons (Fsp3) is 0.348. The van der Waals surface area contributed by atoms with Crippen LogP contribution in [0.1, 0.15) is 12.8 Å². The molecule has 148 valence electrons. The molecule has 4 atom stereocenters. The summed E-state index contributed by atoms with van der Waals surface area (Å²) < 4.78 is 1.95. The van der Waals surface area contributed by atoms with E-state index >= 15 is 0 Å². The highest BCUT2D eigenvalue weighted by molar-refractivity contribution is 5.93. The number of aromatic nitrogens is 3. The van der Waals surface area contributed by atoms with Crippen molar-refractivity contribution in [3.05, 3.63) is 66.9 Å². The molecule has 2 aromatic carbocycles. The van der Waals surface area contributed by atoms with E-state index in [4.69, 9.17) is 0 Å². The van der Waals surface area contributed by atoms with Crippen LogP contribution in [0.2, 0.25) is 0 Å². The van der Waals surface area contributed by atoms with Gasteiger partial charge in [-0.25, -0.2) is 0 Å². The van der Waals surface area contributed by atoms with Crippen LogP contribution in [0.25, 0.3) is 11.3 Å². The summed E-state index contributed by atoms with van der Waals surface area (Å²) in [4.78, 5) is 15.3. The minimum atomic E-state index is 0.0656. The van der Waals surface area contributed by atoms with Crippen LogP contribution in [0.5, 0.6) is 0 Å². The summed E-state index contributed by atoms with van der Waals surface area (Å²) >= 11 is 0. The minimum absolute atomic E-state index is 0.0656. The molecule has 1 N–H and O–H groups in total. The lowest BCUT2D eigenvalue weighted by Gasteiger charge is -2.49. The maximum atomic E-state index is 12.8. The second-order valence-electron chi connectivity index (χ2n) is 8.09. The number of hydrogen-bond acceptors (Lipinski definition) is 4. The highest BCUT2D eigenvalue weighted by Crippen LogP contribution is 2.37. The first kappa shape index (κ1) is 18.1. The van der Waals surface area contributed by atoms with Crippen LogP contribution >= 0.6 is 0 Å². The van der Waals surface area contributed by atoms with Crippen molar-refractivity contribution in [1.29, 1.82) is 0 Å². The number of anilines is 1. The zero-order chi connectivity index (χ0) is 19.6. The Labute approximate surface area is 170 Å². The topological polar surface area (TPSA) is 63.1 Å². The van der Waals surface area contributed by atoms with Crippen molar-refractivity contribution in [2.75, 3.05) is 18.4 Å². The Balaban J connectivity index is 1.23. The van der Waals surface area contributed by atoms with Crippen LogP contribution < -0.4 is 5.32 Å². The zero-order valence-electron chi connectivity index (χ0n) is 16.3. The first-order valence-corrected chi connectivity index (χ1v) is 10.3. The van der Waals surface area contributed by atoms with E-state index in [-0.39, 0.29) is 11.8 Å². The first-order valence-electron chi connectivity index (χ1n) is 10.3. The van der Waals surface area contributed by atoms with Crippen molar-refractivity contribution in [2.24, 2.45) is 11.8 Å². The Morgan fingerprint density at radius 2 is 1.83 bits per heavy atom. The molecule has 0 radical (unpaired) electrons. The molecule has 3 aromatic rings. The average molecular weight is 387 g/mol. The van der Waals surface area contributed by atoms with Gasteiger partial charge in [0, 0.05) is 23.8 Å². The first-order chi connectivity index (χ1) is 14.3. The predicted molar refractivity (Wildman–Crippen MR) is 112 cm³/mol. The molecule has 3 aliphatic heterocycles. The van der Waals surface area contributed by atoms with E-state index in [0.29, 0.717) is 12.0 Å². The smallest absolute Gasteiger partial charge is 0.229 e. The lowest BCUT2D eigenvalue weighted by atomic mass is 9.75. The highest BCUT2D eigenvalue weighted by Gasteiger charge is 2.43. The van der Waals surface area contributed by atoms with Gasteiger partial charge in [0.15, 0.2) is 0 Å². The molecular formula is C23H25N5O. The summed E-state index contributed by atoms with van der Waals surface area (Å²) in [6.45, 7) is 2.71. The summed E-state index contributed by atoms with van der Waals surface area (Å²) in [5.74, 6) is 0.651. The Bertz CT molecular complexity index is 971. The lowest BCUT2D eigenvalue weighted by Crippen LogP contribution is -2.57. The number of carbonyl (C=O) groups excluding carboxylic acids is 1. The summed E-state index contributed by atoms with van der Waals surface area (Å²) in [6.07, 6.45) is 4.15. The number of carbonyl (C=O) groups is 1. The fourth-order valence-electron chi connectivity index (χ4n) is 4.73. The van der Waals surface area contributed by atoms with Crippen molar-refractivity contribution in [3.8, 4) is 11.3 Å². The lowest BCUT2D eigenvalue weighted by molar-refractivity contribution is -0.127. The third kappa shape index (κ3) is 3.80. The molecule has 1 amide bonds. The Kier molecular flexibility index (Phi) is 4.86. The second kappa shape index (κ2) is 7.79. The number of para-hydroxylation sites is 1. The quantitative estimate of drug-likeness (QED) is 0.730. The number of piperidine rings is 3. The normalized spacial score (nSPS) is 25.7. The molecule has 3 saturated heterocycles. The molecule has 6 rings (SSSR count). The van der Waals surface area contributed by atoms with E-state index in [9.17, 15) is 4.79 Å². The van der Waals surface area contributed by atoms with Crippen LogP contribution in [0.4, 0.5) is 5.69 Å². The molecular weight excluding hydrogens is 362 g/mol. The van der Waals surface area contributed by atoms with Gasteiger partial charge in [-0.15, -0.1) is 5.10 Å². The Hall–Kier alpha value is -2.99. The molecule has 6 nitrogen and oxygen atoms in total. The SMILES string of the molecule is O=C(Nc1ccccc1)[C@H]1CN2CCC1C[C@@H]2Cn1cc(-c2ccccc2)nn1. The zero-order valence-corrected chi connectivity index (χ0v) is 16.3. The molecule has 0 spiro atoms. The number of rotatable bonds is 5. The van der Waals surface area contributed by atoms with Crippen LogP contribution in [0.15, 0.2) is 66.9 Å². The van der Waals surface area contributed by atoms with Crippen LogP contribution in [-0.4, -0.2) is 44.9 Å². The monoisotopic (exact) mass is 387 g/mol. The molecule has 2 unspecified atom stereocenters. The Morgan fingerprint density at radius 3 is 2.55 bits per heavy atom. The van der Waals surface area contributed by atoms with Gasteiger partial charge in [0.05, 0.1) is 18.7 Å². The molecule has 3 fully saturated rings. The van der Waals surface area contributed by atoms with Crippen LogP contribution in [-0.2, 0) is 11.3 Å². The van der Waals surface area contributed by atoms with E-state index in [1.54, 1.807) is 0 Å². The molecule has 6 heteroatoms. The third-order valence-corrected chi connectivity index (χ3v) is 6.26. The maximum Gasteiger partial charge on any atom is 0.229 e. The molecule has 29 heavy (non-hydrogen) atoms. The van der Waals surface area contributed by atoms with Gasteiger partial charge in [-0.3, -0.25) is 14.4 Å². The Morgan fingerprint density at radius 1 is 1.07 bits per heavy atom. The number of nitrogens with zero attached hydrogens (tertiary/aromatic N) is 4. The average Bonchev–Trinajstić information content (AvgIpc) is 3.24. The van der Waals surface area contributed by atoms with E-state index in [0.717, 1.165) is 49.4 Å². The number of benzene rings is 2. The molecule has 3 aliphatic rings. The van der Waals surface area contributed by atoms with Gasteiger partial charge in [-0.05, 0) is 37.4 Å². The largest absolute Gasteiger partial charge is 0.326 e. The number of nitrogens with one attached hydrogen (secondary N) is 1. The van der Waals surface area contributed by atoms with Crippen molar-refractivity contribution < 1.29 is 4.79 Å². The maximum absolute atomic E-state index is 12.8. The molecule has 0 saturated carbocycles. The van der Waals surface area contributed by atoms with Gasteiger partial charge < -0.3 is 5.32 Å². The molecule has 2 bridgehead atoms. The van der Waals surface area contributed by atoms with Crippen molar-refractivity contribution in [3.63, 3.8) is 0 Å². The summed E-state index contributed by atoms with van der Waals surface area (Å²) in [7, 11) is 0. The van der Waals surface area contributed by atoms with Crippen LogP contribution in [0.3, 0.4) is 0 Å². The third-order valence-electron chi connectivity index (χ3n) is 6.26. The van der Waals surface area contributed by atoms with E-state index in [2.05, 4.69) is 32.7 Å². The van der Waals surface area contributed by atoms with Crippen LogP contribution in [0, 0.1) is 11.8 Å². The second-order valence-corrected chi connectivity index (χ2v) is 8.09. The number of hydrogen-bond donors (Lipinski definition) is 1. The van der Waals surface area contributed by atoms with Gasteiger partial charge >= 0.3 is 0 Å². The van der Waals surface area contributed by atoms with Gasteiger partial charge in [0.25, 0.3) is 0 Å². The van der Waals surface area contributed by atoms with E-state index in [1.807, 2.05) is 59.4 Å². The van der Waals surface area contributed by atoms with Gasteiger partial charge in [-0.1, -0.05) is 53.7 Å². The molecule has 0 aliphatic carbocycles. The molecule has 1 aromatic heterocycles. The van der Waals surface area contributed by atoms with Crippen molar-refractivity contribution in [2.45, 2.75) is 25.4 Å². The standard InChI is InChI=1S/C23H25N5O/c29-23(24-19-9-5-2-6-10-19)21-15-27-12-11-18(21)13-20(27)14-28-16-22(25-26-28)17-7-3-1-4-8-17/h1-10,16,18,20-21H,11-15H2,(H,24,29)/t18?,20-,21+/m1/s1. The predicted octanol–water partition coefficient (Wildman–Crippen LogP) is 3.29. The summed E-state index contributed by atoms with van der Waals surface area (Å²) in [5.41, 5.74) is 2.87. The fourth-order valence-corrected chi connectivity index (χ4v) is 4.73. The highest BCUT2D eigenvalue weighted by atomic mass is 16.2. The summed E-state index contributed by atoms with van der Waals surface area (Å²) in [6, 6.07) is 20.3. The van der Waals surface area contributed by atoms with Gasteiger partial charge in [0.2, 0.25) is 5.91 Å². The van der Waals surface area contributed by atoms with E-state index < -0.39 is 0 Å². The number of amides is 1. The minimum Gasteiger partial charge on any atom is -0.326 e. The van der Waals surface area contributed by atoms with Gasteiger partial charge in [0.1, 0.15) is 5.69 Å². The van der Waals surface area contributed by atoms with Gasteiger partial charge in [-0.2, -0.15) is 0 Å². The number of fused-ring (bicyclic) bond motifs is 3.